The Balaban J connectivity index is 1.39. The van der Waals surface area contributed by atoms with Crippen molar-refractivity contribution >= 4 is 45.3 Å². The normalized spacial score (nSPS) is 19.2. The smallest absolute Gasteiger partial charge is 0.408 e. The molecule has 2 aliphatic rings. The number of aliphatic carboxylic acids is 1. The summed E-state index contributed by atoms with van der Waals surface area (Å²) < 4.78 is 17.4. The van der Waals surface area contributed by atoms with Gasteiger partial charge < -0.3 is 34.9 Å². The van der Waals surface area contributed by atoms with Crippen LogP contribution >= 0.6 is 11.3 Å². The van der Waals surface area contributed by atoms with E-state index in [2.05, 4.69) is 15.6 Å². The van der Waals surface area contributed by atoms with Gasteiger partial charge >= 0.3 is 12.1 Å². The van der Waals surface area contributed by atoms with Crippen molar-refractivity contribution in [3.05, 3.63) is 29.6 Å². The largest absolute Gasteiger partial charge is 0.497 e. The van der Waals surface area contributed by atoms with Crippen LogP contribution in [0.4, 0.5) is 9.93 Å². The number of methoxy groups -OCH3 is 1. The van der Waals surface area contributed by atoms with Crippen LogP contribution in [-0.4, -0.2) is 81.9 Å². The van der Waals surface area contributed by atoms with Gasteiger partial charge in [0.2, 0.25) is 5.91 Å². The van der Waals surface area contributed by atoms with Crippen molar-refractivity contribution in [2.24, 2.45) is 5.92 Å². The van der Waals surface area contributed by atoms with Crippen LogP contribution in [0.2, 0.25) is 0 Å². The van der Waals surface area contributed by atoms with Gasteiger partial charge in [-0.1, -0.05) is 13.8 Å². The zero-order chi connectivity index (χ0) is 32.2. The molecule has 1 saturated carbocycles. The molecule has 0 spiro atoms. The summed E-state index contributed by atoms with van der Waals surface area (Å²) in [5, 5.41) is 19.5. The van der Waals surface area contributed by atoms with Gasteiger partial charge in [-0.15, -0.1) is 11.3 Å². The van der Waals surface area contributed by atoms with Gasteiger partial charge in [-0.25, -0.2) is 19.6 Å². The average molecular weight is 640 g/mol. The highest BCUT2D eigenvalue weighted by Crippen LogP contribution is 2.35. The number of carbonyl (C=O) groups excluding carboxylic acids is 2. The monoisotopic (exact) mass is 639 g/mol. The number of aromatic nitrogens is 2. The Bertz CT molecular complexity index is 1540. The number of rotatable bonds is 11. The van der Waals surface area contributed by atoms with Crippen LogP contribution in [-0.2, 0) is 14.3 Å². The van der Waals surface area contributed by atoms with Gasteiger partial charge in [0.15, 0.2) is 5.13 Å². The van der Waals surface area contributed by atoms with E-state index in [1.165, 1.54) is 16.2 Å². The fourth-order valence-corrected chi connectivity index (χ4v) is 6.64. The highest BCUT2D eigenvalue weighted by atomic mass is 32.1. The van der Waals surface area contributed by atoms with Crippen LogP contribution in [0.25, 0.3) is 22.3 Å². The minimum absolute atomic E-state index is 0.0346. The number of alkyl carbamates (subject to hydrolysis) is 1. The number of hydrogen-bond donors (Lipinski definition) is 3. The van der Waals surface area contributed by atoms with Crippen LogP contribution < -0.4 is 20.1 Å². The van der Waals surface area contributed by atoms with E-state index in [0.717, 1.165) is 30.8 Å². The lowest BCUT2D eigenvalue weighted by molar-refractivity contribution is -0.149. The maximum Gasteiger partial charge on any atom is 0.408 e. The summed E-state index contributed by atoms with van der Waals surface area (Å²) in [6.07, 6.45) is 2.24. The van der Waals surface area contributed by atoms with E-state index in [1.54, 1.807) is 39.2 Å². The molecular formula is C32H41N5O7S. The predicted molar refractivity (Wildman–Crippen MR) is 171 cm³/mol. The first-order valence-electron chi connectivity index (χ1n) is 15.4. The third kappa shape index (κ3) is 7.58. The van der Waals surface area contributed by atoms with Gasteiger partial charge in [0.25, 0.3) is 0 Å². The quantitative estimate of drug-likeness (QED) is 0.252. The molecule has 3 N–H and O–H groups in total. The molecule has 2 fully saturated rings. The second-order valence-electron chi connectivity index (χ2n) is 12.2. The molecule has 3 aromatic rings. The summed E-state index contributed by atoms with van der Waals surface area (Å²) >= 11 is 1.47. The molecule has 1 aliphatic carbocycles. The molecule has 5 rings (SSSR count). The van der Waals surface area contributed by atoms with Gasteiger partial charge in [-0.3, -0.25) is 4.79 Å². The molecule has 12 nitrogen and oxygen atoms in total. The predicted octanol–water partition coefficient (Wildman–Crippen LogP) is 5.31. The van der Waals surface area contributed by atoms with Crippen LogP contribution in [0.1, 0.15) is 59.8 Å². The van der Waals surface area contributed by atoms with Crippen LogP contribution in [0.5, 0.6) is 11.5 Å². The molecule has 1 saturated heterocycles. The van der Waals surface area contributed by atoms with Crippen molar-refractivity contribution < 1.29 is 33.7 Å². The van der Waals surface area contributed by atoms with Gasteiger partial charge in [0.05, 0.1) is 24.9 Å². The molecule has 242 valence electrons. The third-order valence-electron chi connectivity index (χ3n) is 8.06. The summed E-state index contributed by atoms with van der Waals surface area (Å²) in [6, 6.07) is 5.40. The van der Waals surface area contributed by atoms with Gasteiger partial charge in [-0.05, 0) is 57.6 Å². The zero-order valence-corrected chi connectivity index (χ0v) is 27.1. The Morgan fingerprint density at radius 1 is 1.04 bits per heavy atom. The summed E-state index contributed by atoms with van der Waals surface area (Å²) in [4.78, 5) is 49.6. The van der Waals surface area contributed by atoms with Crippen LogP contribution in [0.3, 0.4) is 0 Å². The minimum atomic E-state index is -1.14. The average Bonchev–Trinajstić information content (AvgIpc) is 3.76. The second kappa shape index (κ2) is 13.9. The van der Waals surface area contributed by atoms with E-state index in [1.807, 2.05) is 25.3 Å². The number of carbonyl (C=O) groups is 3. The number of amides is 2. The number of thiazole rings is 1. The lowest BCUT2D eigenvalue weighted by Crippen LogP contribution is -2.54. The Kier molecular flexibility index (Phi) is 9.96. The lowest BCUT2D eigenvalue weighted by atomic mass is 10.0. The maximum atomic E-state index is 13.8. The molecule has 3 atom stereocenters. The first kappa shape index (κ1) is 32.3. The first-order chi connectivity index (χ1) is 21.5. The van der Waals surface area contributed by atoms with E-state index in [-0.39, 0.29) is 31.0 Å². The molecule has 2 amide bonds. The van der Waals surface area contributed by atoms with E-state index < -0.39 is 36.2 Å². The fourth-order valence-electron chi connectivity index (χ4n) is 5.79. The van der Waals surface area contributed by atoms with E-state index in [0.29, 0.717) is 33.8 Å². The summed E-state index contributed by atoms with van der Waals surface area (Å²) in [5.41, 5.74) is 1.88. The number of benzene rings is 1. The number of fused-ring (bicyclic) bond motifs is 1. The summed E-state index contributed by atoms with van der Waals surface area (Å²) in [6.45, 7) is 7.71. The molecule has 0 bridgehead atoms. The van der Waals surface area contributed by atoms with Gasteiger partial charge in [0.1, 0.15) is 41.5 Å². The van der Waals surface area contributed by atoms with Crippen molar-refractivity contribution in [2.75, 3.05) is 19.0 Å². The molecule has 1 aliphatic heterocycles. The lowest BCUT2D eigenvalue weighted by Gasteiger charge is -2.29. The van der Waals surface area contributed by atoms with Crippen molar-refractivity contribution in [3.63, 3.8) is 0 Å². The number of anilines is 1. The number of pyridine rings is 1. The van der Waals surface area contributed by atoms with Crippen LogP contribution in [0.15, 0.2) is 29.6 Å². The Hall–Kier alpha value is -4.13. The number of likely N-dealkylation sites (tertiary alicyclic amines) is 1. The topological polar surface area (TPSA) is 152 Å². The van der Waals surface area contributed by atoms with E-state index >= 15 is 0 Å². The highest BCUT2D eigenvalue weighted by Gasteiger charge is 2.44. The van der Waals surface area contributed by atoms with Crippen molar-refractivity contribution in [2.45, 2.75) is 90.1 Å². The first-order valence-corrected chi connectivity index (χ1v) is 16.3. The second-order valence-corrected chi connectivity index (χ2v) is 13.1. The molecule has 3 heterocycles. The number of ether oxygens (including phenoxy) is 3. The maximum absolute atomic E-state index is 13.8. The van der Waals surface area contributed by atoms with Gasteiger partial charge in [-0.2, -0.15) is 0 Å². The molecular weight excluding hydrogens is 598 g/mol. The van der Waals surface area contributed by atoms with Crippen LogP contribution in [0, 0.1) is 5.92 Å². The molecule has 45 heavy (non-hydrogen) atoms. The summed E-state index contributed by atoms with van der Waals surface area (Å²) in [7, 11) is 1.58. The molecule has 0 radical (unpaired) electrons. The third-order valence-corrected chi connectivity index (χ3v) is 8.84. The number of hydrogen-bond acceptors (Lipinski definition) is 10. The SMILES string of the molecule is COc1ccc2c(O[C@@H]3C[C@@H](C(=O)O)N(C(=O)[C@@H](NC(=O)OC4CCCC4)C(C)C)C3)cc(-c3csc(NC(C)C)n3)nc2c1. The molecule has 2 aromatic heterocycles. The molecule has 13 heteroatoms. The number of carboxylic acid groups (broad SMARTS) is 1. The summed E-state index contributed by atoms with van der Waals surface area (Å²) in [5.74, 6) is -0.794. The van der Waals surface area contributed by atoms with E-state index in [9.17, 15) is 19.5 Å². The molecule has 1 aromatic carbocycles. The van der Waals surface area contributed by atoms with E-state index in [4.69, 9.17) is 19.2 Å². The van der Waals surface area contributed by atoms with Crippen molar-refractivity contribution in [1.82, 2.24) is 20.2 Å². The Labute approximate surface area is 266 Å². The fraction of sp³-hybridized carbons (Fsp3) is 0.531. The minimum Gasteiger partial charge on any atom is -0.497 e. The van der Waals surface area contributed by atoms with Crippen molar-refractivity contribution in [1.29, 1.82) is 0 Å². The Morgan fingerprint density at radius 2 is 1.80 bits per heavy atom. The standard InChI is InChI=1S/C32H41N5O7S/c1-17(2)28(36-32(41)44-19-8-6-7-9-19)29(38)37-15-21(13-26(37)30(39)40)43-27-14-24(25-16-45-31(35-25)33-18(3)4)34-23-12-20(42-5)10-11-22(23)27/h10-12,14,16-19,21,26,28H,6-9,13,15H2,1-5H3,(H,33,35)(H,36,41)(H,39,40)/t21-,26+,28+/m1/s1. The Morgan fingerprint density at radius 3 is 2.47 bits per heavy atom. The van der Waals surface area contributed by atoms with Crippen molar-refractivity contribution in [3.8, 4) is 22.9 Å². The number of nitrogens with one attached hydrogen (secondary N) is 2. The molecule has 0 unspecified atom stereocenters. The zero-order valence-electron chi connectivity index (χ0n) is 26.2. The number of carboxylic acids is 1. The number of nitrogens with zero attached hydrogens (tertiary/aromatic N) is 3. The highest BCUT2D eigenvalue weighted by molar-refractivity contribution is 7.14. The van der Waals surface area contributed by atoms with Gasteiger partial charge in [0, 0.05) is 35.4 Å².